The highest BCUT2D eigenvalue weighted by Crippen LogP contribution is 2.36. The first-order chi connectivity index (χ1) is 9.30. The van der Waals surface area contributed by atoms with Crippen molar-refractivity contribution >= 4 is 0 Å². The molecule has 1 aliphatic rings. The van der Waals surface area contributed by atoms with E-state index in [2.05, 4.69) is 33.0 Å². The second-order valence-electron chi connectivity index (χ2n) is 7.55. The molecule has 20 heavy (non-hydrogen) atoms. The van der Waals surface area contributed by atoms with Crippen LogP contribution < -0.4 is 5.32 Å². The first-order valence-electron chi connectivity index (χ1n) is 7.82. The van der Waals surface area contributed by atoms with Crippen LogP contribution in [0.4, 0.5) is 0 Å². The van der Waals surface area contributed by atoms with Crippen molar-refractivity contribution in [1.29, 1.82) is 0 Å². The molecule has 0 spiro atoms. The summed E-state index contributed by atoms with van der Waals surface area (Å²) in [5.41, 5.74) is 1.36. The molecule has 2 nitrogen and oxygen atoms in total. The van der Waals surface area contributed by atoms with Gasteiger partial charge in [0.2, 0.25) is 0 Å². The molecule has 1 heterocycles. The molecule has 0 aromatic heterocycles. The third-order valence-electron chi connectivity index (χ3n) is 4.45. The second kappa shape index (κ2) is 5.87. The quantitative estimate of drug-likeness (QED) is 0.868. The topological polar surface area (TPSA) is 32.3 Å². The van der Waals surface area contributed by atoms with Crippen molar-refractivity contribution in [3.05, 3.63) is 35.9 Å². The maximum absolute atomic E-state index is 10.3. The van der Waals surface area contributed by atoms with Crippen molar-refractivity contribution < 1.29 is 5.11 Å². The number of hydrogen-bond donors (Lipinski definition) is 2. The first kappa shape index (κ1) is 15.5. The highest BCUT2D eigenvalue weighted by Gasteiger charge is 2.38. The van der Waals surface area contributed by atoms with Gasteiger partial charge in [-0.25, -0.2) is 0 Å². The molecule has 112 valence electrons. The lowest BCUT2D eigenvalue weighted by Crippen LogP contribution is -2.59. The van der Waals surface area contributed by atoms with Crippen molar-refractivity contribution in [3.63, 3.8) is 0 Å². The normalized spacial score (nSPS) is 30.9. The number of aliphatic hydroxyl groups excluding tert-OH is 1. The van der Waals surface area contributed by atoms with E-state index in [4.69, 9.17) is 0 Å². The average Bonchev–Trinajstić information content (AvgIpc) is 2.34. The molecule has 2 rings (SSSR count). The predicted octanol–water partition coefficient (Wildman–Crippen LogP) is 4.06. The zero-order valence-electron chi connectivity index (χ0n) is 13.3. The van der Waals surface area contributed by atoms with Gasteiger partial charge >= 0.3 is 0 Å². The van der Waals surface area contributed by atoms with E-state index >= 15 is 0 Å². The van der Waals surface area contributed by atoms with E-state index in [-0.39, 0.29) is 17.2 Å². The van der Waals surface area contributed by atoms with Crippen molar-refractivity contribution in [1.82, 2.24) is 5.32 Å². The van der Waals surface area contributed by atoms with Crippen molar-refractivity contribution in [2.24, 2.45) is 5.92 Å². The van der Waals surface area contributed by atoms with Gasteiger partial charge in [0.25, 0.3) is 0 Å². The van der Waals surface area contributed by atoms with Gasteiger partial charge in [-0.1, -0.05) is 37.3 Å². The molecular formula is C18H29NO. The van der Waals surface area contributed by atoms with Gasteiger partial charge < -0.3 is 10.4 Å². The molecule has 1 aromatic rings. The molecule has 1 saturated heterocycles. The molecule has 0 bridgehead atoms. The highest BCUT2D eigenvalue weighted by molar-refractivity contribution is 5.17. The molecule has 2 N–H and O–H groups in total. The van der Waals surface area contributed by atoms with Crippen LogP contribution in [0.25, 0.3) is 0 Å². The van der Waals surface area contributed by atoms with Gasteiger partial charge in [0, 0.05) is 11.1 Å². The molecule has 0 amide bonds. The summed E-state index contributed by atoms with van der Waals surface area (Å²) in [4.78, 5) is 0. The Hall–Kier alpha value is -0.860. The van der Waals surface area contributed by atoms with E-state index in [1.807, 2.05) is 30.3 Å². The van der Waals surface area contributed by atoms with Gasteiger partial charge in [-0.15, -0.1) is 0 Å². The lowest BCUT2D eigenvalue weighted by molar-refractivity contribution is 0.0909. The largest absolute Gasteiger partial charge is 0.388 e. The Morgan fingerprint density at radius 3 is 2.45 bits per heavy atom. The maximum atomic E-state index is 10.3. The number of aliphatic hydroxyl groups is 1. The molecule has 1 aliphatic heterocycles. The summed E-state index contributed by atoms with van der Waals surface area (Å²) in [5, 5.41) is 14.1. The third kappa shape index (κ3) is 4.07. The van der Waals surface area contributed by atoms with E-state index in [1.54, 1.807) is 0 Å². The molecule has 2 heteroatoms. The van der Waals surface area contributed by atoms with Crippen molar-refractivity contribution in [2.45, 2.75) is 70.6 Å². The van der Waals surface area contributed by atoms with Crippen LogP contribution in [-0.2, 0) is 0 Å². The average molecular weight is 275 g/mol. The Bertz CT molecular complexity index is 428. The minimum atomic E-state index is -0.352. The van der Waals surface area contributed by atoms with Crippen molar-refractivity contribution in [2.75, 3.05) is 0 Å². The summed E-state index contributed by atoms with van der Waals surface area (Å²) in [6.45, 7) is 9.22. The zero-order valence-corrected chi connectivity index (χ0v) is 13.3. The monoisotopic (exact) mass is 275 g/mol. The van der Waals surface area contributed by atoms with Crippen LogP contribution in [0, 0.1) is 5.92 Å². The first-order valence-corrected chi connectivity index (χ1v) is 7.82. The van der Waals surface area contributed by atoms with Crippen LogP contribution in [0.2, 0.25) is 0 Å². The maximum Gasteiger partial charge on any atom is 0.0790 e. The molecule has 3 atom stereocenters. The fraction of sp³-hybridized carbons (Fsp3) is 0.667. The molecular weight excluding hydrogens is 246 g/mol. The zero-order chi connectivity index (χ0) is 14.8. The lowest BCUT2D eigenvalue weighted by Gasteiger charge is -2.48. The Kier molecular flexibility index (Phi) is 4.55. The summed E-state index contributed by atoms with van der Waals surface area (Å²) in [5.74, 6) is 0.741. The molecule has 3 unspecified atom stereocenters. The van der Waals surface area contributed by atoms with E-state index in [0.717, 1.165) is 24.3 Å². The highest BCUT2D eigenvalue weighted by atomic mass is 16.3. The van der Waals surface area contributed by atoms with Gasteiger partial charge in [-0.05, 0) is 57.9 Å². The fourth-order valence-corrected chi connectivity index (χ4v) is 4.09. The van der Waals surface area contributed by atoms with E-state index in [9.17, 15) is 5.11 Å². The Labute approximate surface area is 123 Å². The van der Waals surface area contributed by atoms with Gasteiger partial charge in [0.15, 0.2) is 0 Å². The minimum Gasteiger partial charge on any atom is -0.388 e. The number of hydrogen-bond acceptors (Lipinski definition) is 2. The molecule has 0 radical (unpaired) electrons. The SMILES string of the molecule is CC1CC(C)(C)NC(C)(CCC(O)c2ccccc2)C1. The van der Waals surface area contributed by atoms with E-state index in [1.165, 1.54) is 12.8 Å². The predicted molar refractivity (Wildman–Crippen MR) is 84.7 cm³/mol. The van der Waals surface area contributed by atoms with Crippen LogP contribution in [0.5, 0.6) is 0 Å². The van der Waals surface area contributed by atoms with Gasteiger partial charge in [-0.3, -0.25) is 0 Å². The Morgan fingerprint density at radius 1 is 1.20 bits per heavy atom. The number of nitrogens with one attached hydrogen (secondary N) is 1. The summed E-state index contributed by atoms with van der Waals surface area (Å²) >= 11 is 0. The molecule has 1 aromatic carbocycles. The van der Waals surface area contributed by atoms with Gasteiger partial charge in [0.1, 0.15) is 0 Å². The van der Waals surface area contributed by atoms with Gasteiger partial charge in [-0.2, -0.15) is 0 Å². The van der Waals surface area contributed by atoms with Crippen LogP contribution in [0.3, 0.4) is 0 Å². The Morgan fingerprint density at radius 2 is 1.85 bits per heavy atom. The minimum absolute atomic E-state index is 0.136. The van der Waals surface area contributed by atoms with Crippen LogP contribution in [0.15, 0.2) is 30.3 Å². The van der Waals surface area contributed by atoms with Crippen molar-refractivity contribution in [3.8, 4) is 0 Å². The lowest BCUT2D eigenvalue weighted by atomic mass is 9.74. The number of benzene rings is 1. The van der Waals surface area contributed by atoms with E-state index < -0.39 is 0 Å². The van der Waals surface area contributed by atoms with Crippen LogP contribution in [0.1, 0.15) is 65.0 Å². The molecule has 0 aliphatic carbocycles. The van der Waals surface area contributed by atoms with Crippen LogP contribution in [-0.4, -0.2) is 16.2 Å². The number of piperidine rings is 1. The number of rotatable bonds is 4. The fourth-order valence-electron chi connectivity index (χ4n) is 4.09. The smallest absolute Gasteiger partial charge is 0.0790 e. The van der Waals surface area contributed by atoms with Crippen LogP contribution >= 0.6 is 0 Å². The summed E-state index contributed by atoms with van der Waals surface area (Å²) < 4.78 is 0. The molecule has 0 saturated carbocycles. The van der Waals surface area contributed by atoms with E-state index in [0.29, 0.717) is 0 Å². The van der Waals surface area contributed by atoms with Gasteiger partial charge in [0.05, 0.1) is 6.10 Å². The summed E-state index contributed by atoms with van der Waals surface area (Å²) in [7, 11) is 0. The standard InChI is InChI=1S/C18H29NO/c1-14-12-17(2,3)19-18(4,13-14)11-10-16(20)15-8-6-5-7-9-15/h5-9,14,16,19-20H,10-13H2,1-4H3. The Balaban J connectivity index is 1.95. The second-order valence-corrected chi connectivity index (χ2v) is 7.55. The molecule has 1 fully saturated rings. The third-order valence-corrected chi connectivity index (χ3v) is 4.45. The summed E-state index contributed by atoms with van der Waals surface area (Å²) in [6, 6.07) is 9.99. The summed E-state index contributed by atoms with van der Waals surface area (Å²) in [6.07, 6.45) is 3.89.